The lowest BCUT2D eigenvalue weighted by Gasteiger charge is -2.05. The Hall–Kier alpha value is -1.68. The molecule has 2 aromatic rings. The monoisotopic (exact) mass is 247 g/mol. The van der Waals surface area contributed by atoms with Crippen LogP contribution in [0.2, 0.25) is 0 Å². The molecule has 18 heavy (non-hydrogen) atoms. The van der Waals surface area contributed by atoms with Crippen LogP contribution in [0.15, 0.2) is 22.7 Å². The largest absolute Gasteiger partial charge is 0.391 e. The number of aryl methyl sites for hydroxylation is 1. The molecule has 0 atom stereocenters. The van der Waals surface area contributed by atoms with E-state index in [1.807, 2.05) is 13.0 Å². The van der Waals surface area contributed by atoms with E-state index in [0.29, 0.717) is 22.7 Å². The fourth-order valence-electron chi connectivity index (χ4n) is 2.27. The Bertz CT molecular complexity index is 567. The van der Waals surface area contributed by atoms with Crippen molar-refractivity contribution in [2.45, 2.75) is 32.3 Å². The maximum absolute atomic E-state index is 13.9. The number of hydrogen-bond acceptors (Lipinski definition) is 3. The average molecular weight is 247 g/mol. The molecule has 0 spiro atoms. The SMILES string of the molecule is Cc1cccc(F)c1-c1noc(C2CC2)c1CO. The Morgan fingerprint density at radius 1 is 1.44 bits per heavy atom. The smallest absolute Gasteiger partial charge is 0.145 e. The minimum atomic E-state index is -0.333. The number of rotatable bonds is 3. The van der Waals surface area contributed by atoms with Crippen LogP contribution in [0.5, 0.6) is 0 Å². The maximum atomic E-state index is 13.9. The molecule has 0 radical (unpaired) electrons. The molecular formula is C14H14FNO2. The summed E-state index contributed by atoms with van der Waals surface area (Å²) in [6.45, 7) is 1.66. The summed E-state index contributed by atoms with van der Waals surface area (Å²) in [5, 5.41) is 13.5. The van der Waals surface area contributed by atoms with Crippen LogP contribution >= 0.6 is 0 Å². The average Bonchev–Trinajstić information content (AvgIpc) is 3.10. The predicted octanol–water partition coefficient (Wildman–Crippen LogP) is 3.16. The van der Waals surface area contributed by atoms with Crippen LogP contribution in [0.4, 0.5) is 4.39 Å². The third-order valence-electron chi connectivity index (χ3n) is 3.38. The first kappa shape index (κ1) is 11.4. The third-order valence-corrected chi connectivity index (χ3v) is 3.38. The summed E-state index contributed by atoms with van der Waals surface area (Å²) < 4.78 is 19.2. The second kappa shape index (κ2) is 4.21. The van der Waals surface area contributed by atoms with E-state index in [0.717, 1.165) is 24.2 Å². The van der Waals surface area contributed by atoms with E-state index >= 15 is 0 Å². The number of nitrogens with zero attached hydrogens (tertiary/aromatic N) is 1. The normalized spacial score (nSPS) is 15.1. The summed E-state index contributed by atoms with van der Waals surface area (Å²) in [7, 11) is 0. The van der Waals surface area contributed by atoms with Crippen molar-refractivity contribution in [2.24, 2.45) is 0 Å². The van der Waals surface area contributed by atoms with Crippen LogP contribution < -0.4 is 0 Å². The molecule has 1 heterocycles. The van der Waals surface area contributed by atoms with Crippen LogP contribution in [0.1, 0.15) is 35.6 Å². The molecule has 0 unspecified atom stereocenters. The van der Waals surface area contributed by atoms with E-state index in [9.17, 15) is 9.50 Å². The second-order valence-corrected chi connectivity index (χ2v) is 4.74. The zero-order valence-corrected chi connectivity index (χ0v) is 10.1. The van der Waals surface area contributed by atoms with Crippen LogP contribution in [0.25, 0.3) is 11.3 Å². The van der Waals surface area contributed by atoms with E-state index in [-0.39, 0.29) is 12.4 Å². The predicted molar refractivity (Wildman–Crippen MR) is 64.5 cm³/mol. The highest BCUT2D eigenvalue weighted by Crippen LogP contribution is 2.44. The van der Waals surface area contributed by atoms with Crippen LogP contribution in [0, 0.1) is 12.7 Å². The summed E-state index contributed by atoms with van der Waals surface area (Å²) in [5.74, 6) is 0.732. The molecule has 1 N–H and O–H groups in total. The van der Waals surface area contributed by atoms with Crippen molar-refractivity contribution in [3.05, 3.63) is 40.9 Å². The van der Waals surface area contributed by atoms with Gasteiger partial charge in [0.25, 0.3) is 0 Å². The Labute approximate surface area is 104 Å². The van der Waals surface area contributed by atoms with Crippen molar-refractivity contribution in [1.29, 1.82) is 0 Å². The van der Waals surface area contributed by atoms with Gasteiger partial charge >= 0.3 is 0 Å². The van der Waals surface area contributed by atoms with Gasteiger partial charge in [-0.25, -0.2) is 4.39 Å². The lowest BCUT2D eigenvalue weighted by Crippen LogP contribution is -1.94. The summed E-state index contributed by atoms with van der Waals surface area (Å²) in [5.41, 5.74) is 2.29. The Kier molecular flexibility index (Phi) is 2.67. The number of aromatic nitrogens is 1. The van der Waals surface area contributed by atoms with E-state index in [1.165, 1.54) is 6.07 Å². The Morgan fingerprint density at radius 2 is 2.22 bits per heavy atom. The first-order valence-electron chi connectivity index (χ1n) is 6.07. The molecule has 1 aliphatic rings. The van der Waals surface area contributed by atoms with E-state index in [2.05, 4.69) is 5.16 Å². The van der Waals surface area contributed by atoms with Gasteiger partial charge in [-0.1, -0.05) is 17.3 Å². The zero-order chi connectivity index (χ0) is 12.7. The highest BCUT2D eigenvalue weighted by atomic mass is 19.1. The summed E-state index contributed by atoms with van der Waals surface area (Å²) in [4.78, 5) is 0. The van der Waals surface area contributed by atoms with E-state index in [1.54, 1.807) is 6.07 Å². The number of benzene rings is 1. The fraction of sp³-hybridized carbons (Fsp3) is 0.357. The molecule has 94 valence electrons. The van der Waals surface area contributed by atoms with Gasteiger partial charge in [0.05, 0.1) is 6.61 Å². The standard InChI is InChI=1S/C14H14FNO2/c1-8-3-2-4-11(15)12(8)13-10(7-17)14(18-16-13)9-5-6-9/h2-4,9,17H,5-7H2,1H3. The molecule has 1 aromatic heterocycles. The van der Waals surface area contributed by atoms with Crippen LogP contribution in [0.3, 0.4) is 0 Å². The topological polar surface area (TPSA) is 46.3 Å². The molecule has 0 bridgehead atoms. The molecule has 0 saturated heterocycles. The molecule has 4 heteroatoms. The van der Waals surface area contributed by atoms with Crippen LogP contribution in [-0.2, 0) is 6.61 Å². The molecule has 1 aliphatic carbocycles. The summed E-state index contributed by atoms with van der Waals surface area (Å²) in [6, 6.07) is 4.88. The van der Waals surface area contributed by atoms with Gasteiger partial charge < -0.3 is 9.63 Å². The molecular weight excluding hydrogens is 233 g/mol. The van der Waals surface area contributed by atoms with E-state index in [4.69, 9.17) is 4.52 Å². The lowest BCUT2D eigenvalue weighted by molar-refractivity contribution is 0.277. The van der Waals surface area contributed by atoms with Gasteiger partial charge in [-0.2, -0.15) is 0 Å². The van der Waals surface area contributed by atoms with Gasteiger partial charge in [-0.3, -0.25) is 0 Å². The van der Waals surface area contributed by atoms with Gasteiger partial charge in [-0.15, -0.1) is 0 Å². The molecule has 0 aliphatic heterocycles. The minimum absolute atomic E-state index is 0.168. The van der Waals surface area contributed by atoms with Gasteiger partial charge in [0.15, 0.2) is 0 Å². The lowest BCUT2D eigenvalue weighted by atomic mass is 10.0. The molecule has 3 rings (SSSR count). The summed E-state index contributed by atoms with van der Waals surface area (Å²) >= 11 is 0. The molecule has 0 amide bonds. The molecule has 3 nitrogen and oxygen atoms in total. The Balaban J connectivity index is 2.16. The van der Waals surface area contributed by atoms with Crippen molar-refractivity contribution >= 4 is 0 Å². The highest BCUT2D eigenvalue weighted by molar-refractivity contribution is 5.68. The molecule has 1 saturated carbocycles. The number of halogens is 1. The van der Waals surface area contributed by atoms with Crippen molar-refractivity contribution in [3.8, 4) is 11.3 Å². The van der Waals surface area contributed by atoms with Crippen molar-refractivity contribution in [2.75, 3.05) is 0 Å². The van der Waals surface area contributed by atoms with E-state index < -0.39 is 0 Å². The fourth-order valence-corrected chi connectivity index (χ4v) is 2.27. The molecule has 1 aromatic carbocycles. The quantitative estimate of drug-likeness (QED) is 0.906. The highest BCUT2D eigenvalue weighted by Gasteiger charge is 2.32. The van der Waals surface area contributed by atoms with Gasteiger partial charge in [0.2, 0.25) is 0 Å². The second-order valence-electron chi connectivity index (χ2n) is 4.74. The minimum Gasteiger partial charge on any atom is -0.391 e. The Morgan fingerprint density at radius 3 is 2.83 bits per heavy atom. The zero-order valence-electron chi connectivity index (χ0n) is 10.1. The first-order chi connectivity index (χ1) is 8.72. The number of aliphatic hydroxyl groups is 1. The number of aliphatic hydroxyl groups excluding tert-OH is 1. The van der Waals surface area contributed by atoms with Crippen LogP contribution in [-0.4, -0.2) is 10.3 Å². The molecule has 1 fully saturated rings. The number of hydrogen-bond donors (Lipinski definition) is 1. The summed E-state index contributed by atoms with van der Waals surface area (Å²) in [6.07, 6.45) is 2.11. The van der Waals surface area contributed by atoms with Crippen molar-refractivity contribution < 1.29 is 14.0 Å². The van der Waals surface area contributed by atoms with Crippen molar-refractivity contribution in [3.63, 3.8) is 0 Å². The third kappa shape index (κ3) is 1.73. The van der Waals surface area contributed by atoms with Gasteiger partial charge in [0, 0.05) is 17.0 Å². The van der Waals surface area contributed by atoms with Gasteiger partial charge in [0.1, 0.15) is 17.3 Å². The van der Waals surface area contributed by atoms with Gasteiger partial charge in [-0.05, 0) is 31.4 Å². The first-order valence-corrected chi connectivity index (χ1v) is 6.07. The maximum Gasteiger partial charge on any atom is 0.145 e. The van der Waals surface area contributed by atoms with Crippen molar-refractivity contribution in [1.82, 2.24) is 5.16 Å².